The van der Waals surface area contributed by atoms with Crippen molar-refractivity contribution in [2.45, 2.75) is 25.8 Å². The predicted molar refractivity (Wildman–Crippen MR) is 82.7 cm³/mol. The molecule has 21 heavy (non-hydrogen) atoms. The van der Waals surface area contributed by atoms with Gasteiger partial charge in [-0.1, -0.05) is 11.6 Å². The molecule has 0 saturated carbocycles. The lowest BCUT2D eigenvalue weighted by Gasteiger charge is -2.04. The third kappa shape index (κ3) is 4.71. The Hall–Kier alpha value is -1.60. The van der Waals surface area contributed by atoms with Gasteiger partial charge < -0.3 is 5.32 Å². The van der Waals surface area contributed by atoms with Gasteiger partial charge in [0.2, 0.25) is 5.91 Å². The van der Waals surface area contributed by atoms with E-state index in [1.54, 1.807) is 18.4 Å². The van der Waals surface area contributed by atoms with Crippen LogP contribution < -0.4 is 11.0 Å². The molecule has 6 nitrogen and oxygen atoms in total. The van der Waals surface area contributed by atoms with E-state index in [2.05, 4.69) is 10.4 Å². The first-order chi connectivity index (χ1) is 10.1. The first-order valence-electron chi connectivity index (χ1n) is 6.65. The van der Waals surface area contributed by atoms with Crippen molar-refractivity contribution >= 4 is 28.8 Å². The maximum Gasteiger partial charge on any atom is 0.345 e. The quantitative estimate of drug-likeness (QED) is 0.782. The largest absolute Gasteiger partial charge is 0.354 e. The lowest BCUT2D eigenvalue weighted by atomic mass is 10.2. The van der Waals surface area contributed by atoms with Crippen LogP contribution in [0.2, 0.25) is 4.34 Å². The van der Waals surface area contributed by atoms with Crippen LogP contribution in [0.25, 0.3) is 0 Å². The molecule has 0 atom stereocenters. The van der Waals surface area contributed by atoms with Crippen molar-refractivity contribution < 1.29 is 4.79 Å². The van der Waals surface area contributed by atoms with Crippen LogP contribution in [0.5, 0.6) is 0 Å². The molecule has 0 aliphatic carbocycles. The highest BCUT2D eigenvalue weighted by molar-refractivity contribution is 7.16. The maximum atomic E-state index is 11.7. The minimum absolute atomic E-state index is 0.0415. The summed E-state index contributed by atoms with van der Waals surface area (Å²) in [5, 5.41) is 6.63. The van der Waals surface area contributed by atoms with E-state index in [0.29, 0.717) is 6.54 Å². The van der Waals surface area contributed by atoms with Gasteiger partial charge >= 0.3 is 5.69 Å². The van der Waals surface area contributed by atoms with Gasteiger partial charge in [-0.15, -0.1) is 11.3 Å². The lowest BCUT2D eigenvalue weighted by Crippen LogP contribution is -2.33. The van der Waals surface area contributed by atoms with E-state index in [1.807, 2.05) is 12.1 Å². The van der Waals surface area contributed by atoms with E-state index >= 15 is 0 Å². The third-order valence-electron chi connectivity index (χ3n) is 2.98. The smallest absolute Gasteiger partial charge is 0.345 e. The summed E-state index contributed by atoms with van der Waals surface area (Å²) < 4.78 is 3.28. The Kier molecular flexibility index (Phi) is 5.58. The fourth-order valence-electron chi connectivity index (χ4n) is 1.86. The van der Waals surface area contributed by atoms with E-state index in [4.69, 9.17) is 11.6 Å². The van der Waals surface area contributed by atoms with Crippen molar-refractivity contribution in [1.82, 2.24) is 19.7 Å². The van der Waals surface area contributed by atoms with Gasteiger partial charge in [-0.25, -0.2) is 9.48 Å². The maximum absolute atomic E-state index is 11.7. The molecule has 2 rings (SSSR count). The average Bonchev–Trinajstić information content (AvgIpc) is 2.99. The molecule has 0 spiro atoms. The van der Waals surface area contributed by atoms with Crippen molar-refractivity contribution in [2.24, 2.45) is 7.05 Å². The Balaban J connectivity index is 1.63. The standard InChI is InChI=1S/C13H17ClN4O2S/c1-17-9-16-18(13(17)20)8-12(19)15-7-3-2-4-10-5-6-11(14)21-10/h5-6,9H,2-4,7-8H2,1H3,(H,15,19). The number of amides is 1. The third-order valence-corrected chi connectivity index (χ3v) is 4.27. The minimum Gasteiger partial charge on any atom is -0.354 e. The zero-order valence-electron chi connectivity index (χ0n) is 11.7. The number of aromatic nitrogens is 3. The number of carbonyl (C=O) groups is 1. The molecule has 0 saturated heterocycles. The molecule has 0 radical (unpaired) electrons. The number of rotatable bonds is 7. The first kappa shape index (κ1) is 15.8. The van der Waals surface area contributed by atoms with E-state index < -0.39 is 0 Å². The summed E-state index contributed by atoms with van der Waals surface area (Å²) in [5.74, 6) is -0.199. The Bertz CT molecular complexity index is 661. The van der Waals surface area contributed by atoms with Crippen LogP contribution in [-0.2, 0) is 24.8 Å². The number of thiophene rings is 1. The Labute approximate surface area is 131 Å². The van der Waals surface area contributed by atoms with E-state index in [1.165, 1.54) is 15.8 Å². The van der Waals surface area contributed by atoms with Crippen molar-refractivity contribution in [3.63, 3.8) is 0 Å². The Morgan fingerprint density at radius 3 is 2.86 bits per heavy atom. The van der Waals surface area contributed by atoms with Gasteiger partial charge in [0.05, 0.1) is 4.34 Å². The molecule has 8 heteroatoms. The molecule has 0 bridgehead atoms. The van der Waals surface area contributed by atoms with Crippen LogP contribution in [0, 0.1) is 0 Å². The molecule has 0 aliphatic heterocycles. The van der Waals surface area contributed by atoms with Crippen molar-refractivity contribution in [3.8, 4) is 0 Å². The molecule has 0 unspecified atom stereocenters. The van der Waals surface area contributed by atoms with E-state index in [9.17, 15) is 9.59 Å². The first-order valence-corrected chi connectivity index (χ1v) is 7.85. The van der Waals surface area contributed by atoms with Crippen molar-refractivity contribution in [3.05, 3.63) is 38.2 Å². The van der Waals surface area contributed by atoms with Crippen LogP contribution >= 0.6 is 22.9 Å². The summed E-state index contributed by atoms with van der Waals surface area (Å²) in [5.41, 5.74) is -0.292. The Morgan fingerprint density at radius 2 is 2.24 bits per heavy atom. The molecule has 2 aromatic rings. The molecular weight excluding hydrogens is 312 g/mol. The fourth-order valence-corrected chi connectivity index (χ4v) is 2.99. The minimum atomic E-state index is -0.292. The number of nitrogens with one attached hydrogen (secondary N) is 1. The summed E-state index contributed by atoms with van der Waals surface area (Å²) in [6.07, 6.45) is 4.23. The highest BCUT2D eigenvalue weighted by atomic mass is 35.5. The zero-order valence-corrected chi connectivity index (χ0v) is 13.3. The predicted octanol–water partition coefficient (Wildman–Crippen LogP) is 1.44. The summed E-state index contributed by atoms with van der Waals surface area (Å²) >= 11 is 7.45. The highest BCUT2D eigenvalue weighted by Gasteiger charge is 2.07. The molecule has 1 amide bonds. The van der Waals surface area contributed by atoms with Gasteiger partial charge in [-0.2, -0.15) is 5.10 Å². The second kappa shape index (κ2) is 7.42. The number of carbonyl (C=O) groups excluding carboxylic acids is 1. The summed E-state index contributed by atoms with van der Waals surface area (Å²) in [6.45, 7) is 0.555. The van der Waals surface area contributed by atoms with Crippen molar-refractivity contribution in [1.29, 1.82) is 0 Å². The second-order valence-electron chi connectivity index (χ2n) is 4.69. The highest BCUT2D eigenvalue weighted by Crippen LogP contribution is 2.22. The van der Waals surface area contributed by atoms with Gasteiger partial charge in [0.25, 0.3) is 0 Å². The lowest BCUT2D eigenvalue weighted by molar-refractivity contribution is -0.121. The summed E-state index contributed by atoms with van der Waals surface area (Å²) in [4.78, 5) is 24.4. The normalized spacial score (nSPS) is 10.8. The number of nitrogens with zero attached hydrogens (tertiary/aromatic N) is 3. The molecule has 0 aromatic carbocycles. The molecule has 114 valence electrons. The summed E-state index contributed by atoms with van der Waals surface area (Å²) in [6, 6.07) is 3.92. The zero-order chi connectivity index (χ0) is 15.2. The van der Waals surface area contributed by atoms with Gasteiger partial charge in [0, 0.05) is 18.5 Å². The van der Waals surface area contributed by atoms with Crippen molar-refractivity contribution in [2.75, 3.05) is 6.54 Å². The number of halogens is 1. The van der Waals surface area contributed by atoms with Crippen LogP contribution in [0.15, 0.2) is 23.3 Å². The van der Waals surface area contributed by atoms with Crippen LogP contribution in [-0.4, -0.2) is 26.8 Å². The number of hydrogen-bond donors (Lipinski definition) is 1. The fraction of sp³-hybridized carbons (Fsp3) is 0.462. The van der Waals surface area contributed by atoms with Gasteiger partial charge in [0.1, 0.15) is 12.9 Å². The van der Waals surface area contributed by atoms with E-state index in [0.717, 1.165) is 28.3 Å². The van der Waals surface area contributed by atoms with Crippen LogP contribution in [0.4, 0.5) is 0 Å². The topological polar surface area (TPSA) is 68.9 Å². The monoisotopic (exact) mass is 328 g/mol. The van der Waals surface area contributed by atoms with E-state index in [-0.39, 0.29) is 18.1 Å². The van der Waals surface area contributed by atoms with Gasteiger partial charge in [0.15, 0.2) is 0 Å². The number of unbranched alkanes of at least 4 members (excludes halogenated alkanes) is 1. The molecule has 1 N–H and O–H groups in total. The number of aryl methyl sites for hydroxylation is 2. The van der Waals surface area contributed by atoms with Crippen LogP contribution in [0.3, 0.4) is 0 Å². The second-order valence-corrected chi connectivity index (χ2v) is 6.49. The molecule has 2 aromatic heterocycles. The average molecular weight is 329 g/mol. The molecule has 0 aliphatic rings. The molecule has 2 heterocycles. The number of hydrogen-bond acceptors (Lipinski definition) is 4. The summed E-state index contributed by atoms with van der Waals surface area (Å²) in [7, 11) is 1.60. The van der Waals surface area contributed by atoms with Gasteiger partial charge in [-0.3, -0.25) is 9.36 Å². The Morgan fingerprint density at radius 1 is 1.43 bits per heavy atom. The molecular formula is C13H17ClN4O2S. The van der Waals surface area contributed by atoms with Crippen LogP contribution in [0.1, 0.15) is 17.7 Å². The molecule has 0 fully saturated rings. The SMILES string of the molecule is Cn1cnn(CC(=O)NCCCCc2ccc(Cl)s2)c1=O. The van der Waals surface area contributed by atoms with Gasteiger partial charge in [-0.05, 0) is 31.4 Å².